The van der Waals surface area contributed by atoms with Crippen molar-refractivity contribution in [1.82, 2.24) is 4.90 Å². The SMILES string of the molecule is Cc1cc(C)cc(CN2CCC(C)(C(=N)N)CC2)c1. The van der Waals surface area contributed by atoms with E-state index in [1.165, 1.54) is 16.7 Å². The van der Waals surface area contributed by atoms with Crippen molar-refractivity contribution in [2.24, 2.45) is 11.1 Å². The number of likely N-dealkylation sites (tertiary alicyclic amines) is 1. The first-order valence-corrected chi connectivity index (χ1v) is 7.03. The van der Waals surface area contributed by atoms with Crippen LogP contribution in [-0.2, 0) is 6.54 Å². The lowest BCUT2D eigenvalue weighted by atomic mass is 9.79. The Morgan fingerprint density at radius 3 is 2.21 bits per heavy atom. The van der Waals surface area contributed by atoms with Crippen LogP contribution in [0.1, 0.15) is 36.5 Å². The Bertz CT molecular complexity index is 451. The molecule has 0 unspecified atom stereocenters. The van der Waals surface area contributed by atoms with E-state index in [0.29, 0.717) is 5.84 Å². The molecule has 0 spiro atoms. The van der Waals surface area contributed by atoms with Crippen molar-refractivity contribution in [1.29, 1.82) is 5.41 Å². The molecule has 0 aromatic heterocycles. The van der Waals surface area contributed by atoms with Gasteiger partial charge >= 0.3 is 0 Å². The van der Waals surface area contributed by atoms with Gasteiger partial charge in [0.15, 0.2) is 0 Å². The van der Waals surface area contributed by atoms with Crippen LogP contribution >= 0.6 is 0 Å². The number of hydrogen-bond acceptors (Lipinski definition) is 2. The van der Waals surface area contributed by atoms with Crippen molar-refractivity contribution in [3.63, 3.8) is 0 Å². The van der Waals surface area contributed by atoms with Gasteiger partial charge in [-0.05, 0) is 45.3 Å². The topological polar surface area (TPSA) is 53.1 Å². The van der Waals surface area contributed by atoms with E-state index < -0.39 is 0 Å². The van der Waals surface area contributed by atoms with E-state index in [2.05, 4.69) is 43.9 Å². The summed E-state index contributed by atoms with van der Waals surface area (Å²) in [5, 5.41) is 7.69. The molecule has 1 aromatic carbocycles. The maximum absolute atomic E-state index is 7.69. The molecule has 3 N–H and O–H groups in total. The highest BCUT2D eigenvalue weighted by Crippen LogP contribution is 2.31. The summed E-state index contributed by atoms with van der Waals surface area (Å²) in [4.78, 5) is 2.47. The van der Waals surface area contributed by atoms with Gasteiger partial charge in [-0.3, -0.25) is 10.3 Å². The molecular formula is C16H25N3. The lowest BCUT2D eigenvalue weighted by Crippen LogP contribution is -2.44. The summed E-state index contributed by atoms with van der Waals surface area (Å²) in [6.45, 7) is 9.49. The molecule has 1 heterocycles. The molecule has 0 atom stereocenters. The first-order valence-electron chi connectivity index (χ1n) is 7.03. The van der Waals surface area contributed by atoms with Gasteiger partial charge in [0, 0.05) is 12.0 Å². The van der Waals surface area contributed by atoms with Gasteiger partial charge in [-0.1, -0.05) is 36.2 Å². The second-order valence-corrected chi connectivity index (χ2v) is 6.25. The Balaban J connectivity index is 1.97. The number of hydrogen-bond donors (Lipinski definition) is 2. The zero-order valence-electron chi connectivity index (χ0n) is 12.3. The fourth-order valence-electron chi connectivity index (χ4n) is 2.89. The summed E-state index contributed by atoms with van der Waals surface area (Å²) in [7, 11) is 0. The summed E-state index contributed by atoms with van der Waals surface area (Å²) < 4.78 is 0. The Morgan fingerprint density at radius 1 is 1.21 bits per heavy atom. The molecule has 2 rings (SSSR count). The summed E-state index contributed by atoms with van der Waals surface area (Å²) in [5.41, 5.74) is 9.68. The third kappa shape index (κ3) is 3.35. The first-order chi connectivity index (χ1) is 8.89. The molecule has 1 aliphatic rings. The summed E-state index contributed by atoms with van der Waals surface area (Å²) in [6.07, 6.45) is 1.99. The number of benzene rings is 1. The molecule has 0 aliphatic carbocycles. The number of piperidine rings is 1. The van der Waals surface area contributed by atoms with E-state index in [1.807, 2.05) is 0 Å². The molecule has 0 radical (unpaired) electrons. The van der Waals surface area contributed by atoms with E-state index in [-0.39, 0.29) is 5.41 Å². The molecule has 1 aromatic rings. The van der Waals surface area contributed by atoms with Gasteiger partial charge in [-0.25, -0.2) is 0 Å². The van der Waals surface area contributed by atoms with Crippen LogP contribution in [0.25, 0.3) is 0 Å². The minimum absolute atomic E-state index is 0.0843. The van der Waals surface area contributed by atoms with Crippen LogP contribution in [0.3, 0.4) is 0 Å². The van der Waals surface area contributed by atoms with Crippen molar-refractivity contribution in [2.75, 3.05) is 13.1 Å². The highest BCUT2D eigenvalue weighted by atomic mass is 15.1. The zero-order valence-corrected chi connectivity index (χ0v) is 12.3. The standard InChI is InChI=1S/C16H25N3/c1-12-8-13(2)10-14(9-12)11-19-6-4-16(3,5-7-19)15(17)18/h8-10H,4-7,11H2,1-3H3,(H3,17,18). The second-order valence-electron chi connectivity index (χ2n) is 6.25. The zero-order chi connectivity index (χ0) is 14.0. The Hall–Kier alpha value is -1.35. The molecule has 3 heteroatoms. The molecule has 3 nitrogen and oxygen atoms in total. The number of rotatable bonds is 3. The predicted molar refractivity (Wildman–Crippen MR) is 80.4 cm³/mol. The van der Waals surface area contributed by atoms with Gasteiger partial charge in [-0.15, -0.1) is 0 Å². The highest BCUT2D eigenvalue weighted by molar-refractivity contribution is 5.83. The van der Waals surface area contributed by atoms with E-state index >= 15 is 0 Å². The molecule has 19 heavy (non-hydrogen) atoms. The third-order valence-electron chi connectivity index (χ3n) is 4.30. The van der Waals surface area contributed by atoms with Crippen LogP contribution < -0.4 is 5.73 Å². The fourth-order valence-corrected chi connectivity index (χ4v) is 2.89. The third-order valence-corrected chi connectivity index (χ3v) is 4.30. The van der Waals surface area contributed by atoms with Crippen molar-refractivity contribution < 1.29 is 0 Å². The lowest BCUT2D eigenvalue weighted by molar-refractivity contribution is 0.156. The van der Waals surface area contributed by atoms with Crippen LogP contribution in [-0.4, -0.2) is 23.8 Å². The van der Waals surface area contributed by atoms with Gasteiger partial charge in [0.1, 0.15) is 0 Å². The Morgan fingerprint density at radius 2 is 1.74 bits per heavy atom. The average Bonchev–Trinajstić information content (AvgIpc) is 2.31. The number of nitrogens with one attached hydrogen (secondary N) is 1. The van der Waals surface area contributed by atoms with Crippen molar-refractivity contribution in [2.45, 2.75) is 40.2 Å². The fraction of sp³-hybridized carbons (Fsp3) is 0.562. The minimum Gasteiger partial charge on any atom is -0.387 e. The lowest BCUT2D eigenvalue weighted by Gasteiger charge is -2.38. The van der Waals surface area contributed by atoms with Crippen LogP contribution in [0.15, 0.2) is 18.2 Å². The Labute approximate surface area is 116 Å². The van der Waals surface area contributed by atoms with Crippen LogP contribution in [0.2, 0.25) is 0 Å². The van der Waals surface area contributed by atoms with E-state index in [1.54, 1.807) is 0 Å². The van der Waals surface area contributed by atoms with E-state index in [9.17, 15) is 0 Å². The summed E-state index contributed by atoms with van der Waals surface area (Å²) in [6, 6.07) is 6.75. The van der Waals surface area contributed by atoms with Crippen LogP contribution in [0.4, 0.5) is 0 Å². The van der Waals surface area contributed by atoms with Crippen molar-refractivity contribution in [3.05, 3.63) is 34.9 Å². The minimum atomic E-state index is -0.0843. The smallest absolute Gasteiger partial charge is 0.0966 e. The monoisotopic (exact) mass is 259 g/mol. The van der Waals surface area contributed by atoms with Crippen LogP contribution in [0.5, 0.6) is 0 Å². The van der Waals surface area contributed by atoms with Gasteiger partial charge in [0.05, 0.1) is 5.84 Å². The summed E-state index contributed by atoms with van der Waals surface area (Å²) in [5.74, 6) is 0.346. The maximum atomic E-state index is 7.69. The molecule has 1 saturated heterocycles. The number of nitrogens with two attached hydrogens (primary N) is 1. The first kappa shape index (κ1) is 14.1. The quantitative estimate of drug-likeness (QED) is 0.648. The average molecular weight is 259 g/mol. The molecule has 0 amide bonds. The molecule has 0 saturated carbocycles. The normalized spacial score (nSPS) is 19.3. The van der Waals surface area contributed by atoms with Crippen LogP contribution in [0, 0.1) is 24.7 Å². The molecular weight excluding hydrogens is 234 g/mol. The van der Waals surface area contributed by atoms with E-state index in [0.717, 1.165) is 32.5 Å². The summed E-state index contributed by atoms with van der Waals surface area (Å²) >= 11 is 0. The molecule has 1 fully saturated rings. The molecule has 104 valence electrons. The van der Waals surface area contributed by atoms with Gasteiger partial charge in [-0.2, -0.15) is 0 Å². The van der Waals surface area contributed by atoms with Gasteiger partial charge in [0.25, 0.3) is 0 Å². The van der Waals surface area contributed by atoms with Gasteiger partial charge in [0.2, 0.25) is 0 Å². The van der Waals surface area contributed by atoms with Gasteiger partial charge < -0.3 is 5.73 Å². The second kappa shape index (κ2) is 5.33. The Kier molecular flexibility index (Phi) is 3.95. The van der Waals surface area contributed by atoms with Crippen molar-refractivity contribution in [3.8, 4) is 0 Å². The number of aryl methyl sites for hydroxylation is 2. The van der Waals surface area contributed by atoms with E-state index in [4.69, 9.17) is 11.1 Å². The molecule has 1 aliphatic heterocycles. The predicted octanol–water partition coefficient (Wildman–Crippen LogP) is 2.84. The number of amidine groups is 1. The maximum Gasteiger partial charge on any atom is 0.0966 e. The number of nitrogens with zero attached hydrogens (tertiary/aromatic N) is 1. The highest BCUT2D eigenvalue weighted by Gasteiger charge is 2.32. The molecule has 0 bridgehead atoms. The van der Waals surface area contributed by atoms with Crippen molar-refractivity contribution >= 4 is 5.84 Å². The largest absolute Gasteiger partial charge is 0.387 e.